The molecule has 1 aromatic heterocycles. The highest BCUT2D eigenvalue weighted by Crippen LogP contribution is 2.31. The molecule has 0 spiro atoms. The van der Waals surface area contributed by atoms with Crippen LogP contribution in [0.15, 0.2) is 36.4 Å². The number of imidazole rings is 1. The Balaban J connectivity index is 2.11. The van der Waals surface area contributed by atoms with E-state index < -0.39 is 0 Å². The highest BCUT2D eigenvalue weighted by atomic mass is 127. The van der Waals surface area contributed by atoms with Crippen molar-refractivity contribution in [2.75, 3.05) is 6.61 Å². The molecule has 0 amide bonds. The molecular formula is C19H11I2N3O. The van der Waals surface area contributed by atoms with Crippen LogP contribution in [-0.4, -0.2) is 16.6 Å². The van der Waals surface area contributed by atoms with Gasteiger partial charge in [-0.1, -0.05) is 18.1 Å². The monoisotopic (exact) mass is 551 g/mol. The van der Waals surface area contributed by atoms with Crippen molar-refractivity contribution in [3.05, 3.63) is 54.9 Å². The molecule has 0 unspecified atom stereocenters. The standard InChI is InChI=1S/C19H11I2N3O/c1-2-7-25-18-12(9-14(20)10-15(18)21)8-13(11-22)19-23-16-5-3-4-6-17(16)24-19/h1,3-6,8-10H,7H2,(H,23,24)/b13-8+. The molecule has 2 aromatic carbocycles. The molecule has 122 valence electrons. The van der Waals surface area contributed by atoms with Gasteiger partial charge in [-0.15, -0.1) is 6.42 Å². The first-order chi connectivity index (χ1) is 12.1. The van der Waals surface area contributed by atoms with Gasteiger partial charge >= 0.3 is 0 Å². The molecular weight excluding hydrogens is 540 g/mol. The summed E-state index contributed by atoms with van der Waals surface area (Å²) in [6.07, 6.45) is 7.08. The Kier molecular flexibility index (Phi) is 5.61. The molecule has 0 aliphatic carbocycles. The number of nitrogens with one attached hydrogen (secondary N) is 1. The van der Waals surface area contributed by atoms with Gasteiger partial charge in [-0.05, 0) is 75.5 Å². The maximum absolute atomic E-state index is 9.62. The van der Waals surface area contributed by atoms with E-state index in [-0.39, 0.29) is 6.61 Å². The predicted molar refractivity (Wildman–Crippen MR) is 116 cm³/mol. The van der Waals surface area contributed by atoms with E-state index in [1.54, 1.807) is 6.08 Å². The number of nitrogens with zero attached hydrogens (tertiary/aromatic N) is 2. The molecule has 0 saturated carbocycles. The second-order valence-electron chi connectivity index (χ2n) is 5.07. The summed E-state index contributed by atoms with van der Waals surface area (Å²) in [6.45, 7) is 0.171. The molecule has 1 heterocycles. The van der Waals surface area contributed by atoms with Gasteiger partial charge in [0, 0.05) is 9.13 Å². The topological polar surface area (TPSA) is 61.7 Å². The fourth-order valence-corrected chi connectivity index (χ4v) is 4.39. The zero-order valence-electron chi connectivity index (χ0n) is 12.9. The van der Waals surface area contributed by atoms with Crippen molar-refractivity contribution in [3.63, 3.8) is 0 Å². The maximum Gasteiger partial charge on any atom is 0.149 e. The number of aromatic nitrogens is 2. The second-order valence-corrected chi connectivity index (χ2v) is 7.48. The number of allylic oxidation sites excluding steroid dienone is 1. The van der Waals surface area contributed by atoms with Crippen LogP contribution in [0, 0.1) is 30.8 Å². The van der Waals surface area contributed by atoms with Gasteiger partial charge in [0.05, 0.1) is 20.2 Å². The van der Waals surface area contributed by atoms with Crippen LogP contribution >= 0.6 is 45.2 Å². The maximum atomic E-state index is 9.62. The van der Waals surface area contributed by atoms with Crippen molar-refractivity contribution in [1.82, 2.24) is 9.97 Å². The average molecular weight is 551 g/mol. The molecule has 6 heteroatoms. The number of terminal acetylenes is 1. The van der Waals surface area contributed by atoms with Crippen LogP contribution in [0.3, 0.4) is 0 Å². The Morgan fingerprint density at radius 1 is 1.32 bits per heavy atom. The van der Waals surface area contributed by atoms with E-state index in [4.69, 9.17) is 11.2 Å². The van der Waals surface area contributed by atoms with Crippen LogP contribution in [0.5, 0.6) is 5.75 Å². The van der Waals surface area contributed by atoms with Gasteiger partial charge in [-0.3, -0.25) is 0 Å². The summed E-state index contributed by atoms with van der Waals surface area (Å²) < 4.78 is 7.66. The Hall–Kier alpha value is -2.04. The third-order valence-electron chi connectivity index (χ3n) is 3.40. The van der Waals surface area contributed by atoms with Gasteiger partial charge in [0.25, 0.3) is 0 Å². The molecule has 0 fully saturated rings. The number of ether oxygens (including phenoxy) is 1. The van der Waals surface area contributed by atoms with Crippen molar-refractivity contribution in [2.45, 2.75) is 0 Å². The molecule has 0 aliphatic heterocycles. The van der Waals surface area contributed by atoms with Gasteiger partial charge in [-0.25, -0.2) is 4.98 Å². The number of rotatable bonds is 4. The summed E-state index contributed by atoms with van der Waals surface area (Å²) in [5, 5.41) is 9.62. The highest BCUT2D eigenvalue weighted by molar-refractivity contribution is 14.1. The van der Waals surface area contributed by atoms with Crippen molar-refractivity contribution in [1.29, 1.82) is 5.26 Å². The lowest BCUT2D eigenvalue weighted by Crippen LogP contribution is -1.99. The smallest absolute Gasteiger partial charge is 0.149 e. The number of aromatic amines is 1. The van der Waals surface area contributed by atoms with Crippen LogP contribution in [0.25, 0.3) is 22.7 Å². The summed E-state index contributed by atoms with van der Waals surface area (Å²) in [5.41, 5.74) is 2.93. The molecule has 0 atom stereocenters. The zero-order chi connectivity index (χ0) is 17.8. The SMILES string of the molecule is C#CCOc1c(I)cc(I)cc1/C=C(\C#N)c1nc2ccccc2[nH]1. The summed E-state index contributed by atoms with van der Waals surface area (Å²) in [6, 6.07) is 13.8. The number of hydrogen-bond donors (Lipinski definition) is 1. The van der Waals surface area contributed by atoms with Crippen molar-refractivity contribution >= 4 is 67.9 Å². The van der Waals surface area contributed by atoms with Crippen molar-refractivity contribution in [2.24, 2.45) is 0 Å². The van der Waals surface area contributed by atoms with E-state index in [0.717, 1.165) is 23.7 Å². The summed E-state index contributed by atoms with van der Waals surface area (Å²) >= 11 is 4.44. The van der Waals surface area contributed by atoms with E-state index >= 15 is 0 Å². The third-order valence-corrected chi connectivity index (χ3v) is 4.83. The Morgan fingerprint density at radius 2 is 2.12 bits per heavy atom. The minimum Gasteiger partial charge on any atom is -0.479 e. The van der Waals surface area contributed by atoms with E-state index in [2.05, 4.69) is 67.1 Å². The first-order valence-electron chi connectivity index (χ1n) is 7.24. The van der Waals surface area contributed by atoms with Crippen LogP contribution < -0.4 is 4.74 Å². The van der Waals surface area contributed by atoms with E-state index in [1.165, 1.54) is 0 Å². The lowest BCUT2D eigenvalue weighted by molar-refractivity contribution is 0.367. The lowest BCUT2D eigenvalue weighted by Gasteiger charge is -2.10. The molecule has 0 aliphatic rings. The number of nitriles is 1. The molecule has 0 radical (unpaired) electrons. The van der Waals surface area contributed by atoms with E-state index in [0.29, 0.717) is 17.1 Å². The van der Waals surface area contributed by atoms with Gasteiger partial charge in [-0.2, -0.15) is 5.26 Å². The molecule has 0 saturated heterocycles. The van der Waals surface area contributed by atoms with Crippen LogP contribution in [0.2, 0.25) is 0 Å². The summed E-state index contributed by atoms with van der Waals surface area (Å²) in [4.78, 5) is 7.67. The third kappa shape index (κ3) is 3.97. The first-order valence-corrected chi connectivity index (χ1v) is 9.40. The lowest BCUT2D eigenvalue weighted by atomic mass is 10.1. The number of H-pyrrole nitrogens is 1. The number of halogens is 2. The van der Waals surface area contributed by atoms with E-state index in [1.807, 2.05) is 36.4 Å². The first kappa shape index (κ1) is 17.8. The highest BCUT2D eigenvalue weighted by Gasteiger charge is 2.12. The van der Waals surface area contributed by atoms with E-state index in [9.17, 15) is 5.26 Å². The minimum absolute atomic E-state index is 0.171. The zero-order valence-corrected chi connectivity index (χ0v) is 17.2. The molecule has 25 heavy (non-hydrogen) atoms. The quantitative estimate of drug-likeness (QED) is 0.287. The number of benzene rings is 2. The average Bonchev–Trinajstić information content (AvgIpc) is 3.02. The fraction of sp³-hybridized carbons (Fsp3) is 0.0526. The molecule has 3 rings (SSSR count). The number of hydrogen-bond acceptors (Lipinski definition) is 3. The minimum atomic E-state index is 0.171. The molecule has 0 bridgehead atoms. The fourth-order valence-electron chi connectivity index (χ4n) is 2.34. The molecule has 1 N–H and O–H groups in total. The van der Waals surface area contributed by atoms with Gasteiger partial charge in [0.15, 0.2) is 0 Å². The molecule has 3 aromatic rings. The van der Waals surface area contributed by atoms with Crippen molar-refractivity contribution < 1.29 is 4.74 Å². The Morgan fingerprint density at radius 3 is 2.84 bits per heavy atom. The van der Waals surface area contributed by atoms with Gasteiger partial charge in [0.2, 0.25) is 0 Å². The van der Waals surface area contributed by atoms with Gasteiger partial charge in [0.1, 0.15) is 24.3 Å². The predicted octanol–water partition coefficient (Wildman–Crippen LogP) is 4.85. The van der Waals surface area contributed by atoms with Crippen LogP contribution in [-0.2, 0) is 0 Å². The summed E-state index contributed by atoms with van der Waals surface area (Å²) in [7, 11) is 0. The van der Waals surface area contributed by atoms with Crippen molar-refractivity contribution in [3.8, 4) is 24.2 Å². The van der Waals surface area contributed by atoms with Crippen LogP contribution in [0.4, 0.5) is 0 Å². The van der Waals surface area contributed by atoms with Gasteiger partial charge < -0.3 is 9.72 Å². The Bertz CT molecular complexity index is 1020. The Labute approximate surface area is 172 Å². The summed E-state index contributed by atoms with van der Waals surface area (Å²) in [5.74, 6) is 3.67. The normalized spacial score (nSPS) is 11.1. The molecule has 4 nitrogen and oxygen atoms in total. The largest absolute Gasteiger partial charge is 0.479 e. The van der Waals surface area contributed by atoms with Crippen LogP contribution in [0.1, 0.15) is 11.4 Å². The second kappa shape index (κ2) is 7.89. The number of fused-ring (bicyclic) bond motifs is 1. The number of para-hydroxylation sites is 2.